The molecule has 0 aromatic heterocycles. The summed E-state index contributed by atoms with van der Waals surface area (Å²) in [5, 5.41) is 8.53. The predicted octanol–water partition coefficient (Wildman–Crippen LogP) is 1.92. The molecule has 20 heavy (non-hydrogen) atoms. The first kappa shape index (κ1) is 15.9. The van der Waals surface area contributed by atoms with Crippen molar-refractivity contribution in [2.45, 2.75) is 25.9 Å². The SMILES string of the molecule is CC(Oc1ccc(F)cc1)C(=O)N(C)CCCC(=O)O. The highest BCUT2D eigenvalue weighted by molar-refractivity contribution is 5.80. The van der Waals surface area contributed by atoms with Crippen molar-refractivity contribution >= 4 is 11.9 Å². The molecule has 110 valence electrons. The van der Waals surface area contributed by atoms with Crippen LogP contribution in [0.15, 0.2) is 24.3 Å². The number of hydrogen-bond donors (Lipinski definition) is 1. The number of halogens is 1. The molecule has 0 bridgehead atoms. The first-order valence-corrected chi connectivity index (χ1v) is 6.29. The number of rotatable bonds is 7. The van der Waals surface area contributed by atoms with Crippen LogP contribution in [0.4, 0.5) is 4.39 Å². The topological polar surface area (TPSA) is 66.8 Å². The molecule has 0 spiro atoms. The van der Waals surface area contributed by atoms with Crippen LogP contribution in [0, 0.1) is 5.82 Å². The summed E-state index contributed by atoms with van der Waals surface area (Å²) < 4.78 is 18.1. The highest BCUT2D eigenvalue weighted by atomic mass is 19.1. The second kappa shape index (κ2) is 7.47. The summed E-state index contributed by atoms with van der Waals surface area (Å²) in [6.07, 6.45) is -0.304. The van der Waals surface area contributed by atoms with Gasteiger partial charge >= 0.3 is 5.97 Å². The van der Waals surface area contributed by atoms with E-state index in [1.54, 1.807) is 14.0 Å². The Labute approximate surface area is 117 Å². The van der Waals surface area contributed by atoms with Crippen molar-refractivity contribution in [3.8, 4) is 5.75 Å². The van der Waals surface area contributed by atoms with Gasteiger partial charge in [-0.05, 0) is 37.6 Å². The molecular weight excluding hydrogens is 265 g/mol. The average Bonchev–Trinajstić information content (AvgIpc) is 2.39. The van der Waals surface area contributed by atoms with E-state index in [9.17, 15) is 14.0 Å². The van der Waals surface area contributed by atoms with Crippen molar-refractivity contribution in [2.24, 2.45) is 0 Å². The fourth-order valence-electron chi connectivity index (χ4n) is 1.66. The molecule has 1 aromatic carbocycles. The van der Waals surface area contributed by atoms with Crippen LogP contribution in [0.1, 0.15) is 19.8 Å². The van der Waals surface area contributed by atoms with Crippen molar-refractivity contribution in [1.82, 2.24) is 4.90 Å². The summed E-state index contributed by atoms with van der Waals surface area (Å²) >= 11 is 0. The number of ether oxygens (including phenoxy) is 1. The van der Waals surface area contributed by atoms with E-state index in [4.69, 9.17) is 9.84 Å². The van der Waals surface area contributed by atoms with Crippen LogP contribution < -0.4 is 4.74 Å². The minimum atomic E-state index is -0.888. The Morgan fingerprint density at radius 1 is 1.35 bits per heavy atom. The van der Waals surface area contributed by atoms with Gasteiger partial charge in [-0.3, -0.25) is 9.59 Å². The summed E-state index contributed by atoms with van der Waals surface area (Å²) in [6, 6.07) is 5.40. The second-order valence-corrected chi connectivity index (χ2v) is 4.47. The van der Waals surface area contributed by atoms with E-state index < -0.39 is 12.1 Å². The van der Waals surface area contributed by atoms with Gasteiger partial charge in [0.2, 0.25) is 0 Å². The van der Waals surface area contributed by atoms with Crippen LogP contribution in [0.3, 0.4) is 0 Å². The number of carboxylic acid groups (broad SMARTS) is 1. The van der Waals surface area contributed by atoms with Gasteiger partial charge in [0.05, 0.1) is 0 Å². The van der Waals surface area contributed by atoms with Gasteiger partial charge in [0.25, 0.3) is 5.91 Å². The number of benzene rings is 1. The Morgan fingerprint density at radius 3 is 2.50 bits per heavy atom. The van der Waals surface area contributed by atoms with Crippen molar-refractivity contribution < 1.29 is 23.8 Å². The van der Waals surface area contributed by atoms with E-state index >= 15 is 0 Å². The van der Waals surface area contributed by atoms with Gasteiger partial charge in [-0.15, -0.1) is 0 Å². The molecule has 1 atom stereocenters. The molecule has 0 aliphatic rings. The van der Waals surface area contributed by atoms with Crippen LogP contribution in [0.2, 0.25) is 0 Å². The lowest BCUT2D eigenvalue weighted by molar-refractivity contribution is -0.139. The Kier molecular flexibility index (Phi) is 5.96. The quantitative estimate of drug-likeness (QED) is 0.830. The lowest BCUT2D eigenvalue weighted by Gasteiger charge is -2.21. The third-order valence-corrected chi connectivity index (χ3v) is 2.73. The summed E-state index contributed by atoms with van der Waals surface area (Å²) in [6.45, 7) is 1.95. The maximum atomic E-state index is 12.7. The van der Waals surface area contributed by atoms with Crippen molar-refractivity contribution in [2.75, 3.05) is 13.6 Å². The minimum Gasteiger partial charge on any atom is -0.481 e. The first-order valence-electron chi connectivity index (χ1n) is 6.29. The van der Waals surface area contributed by atoms with Crippen molar-refractivity contribution in [1.29, 1.82) is 0 Å². The van der Waals surface area contributed by atoms with Gasteiger partial charge in [-0.2, -0.15) is 0 Å². The Bertz CT molecular complexity index is 461. The highest BCUT2D eigenvalue weighted by Gasteiger charge is 2.19. The van der Waals surface area contributed by atoms with E-state index in [-0.39, 0.29) is 18.1 Å². The number of nitrogens with zero attached hydrogens (tertiary/aromatic N) is 1. The molecule has 0 aliphatic carbocycles. The van der Waals surface area contributed by atoms with Crippen molar-refractivity contribution in [3.63, 3.8) is 0 Å². The standard InChI is InChI=1S/C14H18FNO4/c1-10(20-12-7-5-11(15)6-8-12)14(19)16(2)9-3-4-13(17)18/h5-8,10H,3-4,9H2,1-2H3,(H,17,18). The van der Waals surface area contributed by atoms with E-state index in [2.05, 4.69) is 0 Å². The van der Waals surface area contributed by atoms with E-state index in [1.165, 1.54) is 29.2 Å². The summed E-state index contributed by atoms with van der Waals surface area (Å²) in [4.78, 5) is 23.8. The van der Waals surface area contributed by atoms with Crippen LogP contribution in [0.5, 0.6) is 5.75 Å². The van der Waals surface area contributed by atoms with Gasteiger partial charge in [0, 0.05) is 20.0 Å². The minimum absolute atomic E-state index is 0.0187. The van der Waals surface area contributed by atoms with Crippen LogP contribution >= 0.6 is 0 Å². The molecule has 0 radical (unpaired) electrons. The molecule has 6 heteroatoms. The van der Waals surface area contributed by atoms with E-state index in [1.807, 2.05) is 0 Å². The predicted molar refractivity (Wildman–Crippen MR) is 71.0 cm³/mol. The summed E-state index contributed by atoms with van der Waals surface area (Å²) in [5.74, 6) is -1.10. The maximum Gasteiger partial charge on any atom is 0.303 e. The number of amides is 1. The second-order valence-electron chi connectivity index (χ2n) is 4.47. The fourth-order valence-corrected chi connectivity index (χ4v) is 1.66. The number of hydrogen-bond acceptors (Lipinski definition) is 3. The number of carbonyl (C=O) groups excluding carboxylic acids is 1. The van der Waals surface area contributed by atoms with Crippen LogP contribution in [0.25, 0.3) is 0 Å². The normalized spacial score (nSPS) is 11.8. The molecular formula is C14H18FNO4. The van der Waals surface area contributed by atoms with Crippen LogP contribution in [-0.4, -0.2) is 41.6 Å². The van der Waals surface area contributed by atoms with Gasteiger partial charge < -0.3 is 14.7 Å². The highest BCUT2D eigenvalue weighted by Crippen LogP contribution is 2.13. The third kappa shape index (κ3) is 5.26. The van der Waals surface area contributed by atoms with E-state index in [0.717, 1.165) is 0 Å². The molecule has 1 amide bonds. The zero-order valence-corrected chi connectivity index (χ0v) is 11.5. The van der Waals surface area contributed by atoms with E-state index in [0.29, 0.717) is 18.7 Å². The zero-order chi connectivity index (χ0) is 15.1. The monoisotopic (exact) mass is 283 g/mol. The molecule has 0 fully saturated rings. The zero-order valence-electron chi connectivity index (χ0n) is 11.5. The lowest BCUT2D eigenvalue weighted by Crippen LogP contribution is -2.38. The smallest absolute Gasteiger partial charge is 0.303 e. The van der Waals surface area contributed by atoms with Gasteiger partial charge in [0.1, 0.15) is 11.6 Å². The Hall–Kier alpha value is -2.11. The molecule has 5 nitrogen and oxygen atoms in total. The summed E-state index contributed by atoms with van der Waals surface area (Å²) in [7, 11) is 1.59. The molecule has 0 saturated heterocycles. The number of aliphatic carboxylic acids is 1. The number of carbonyl (C=O) groups is 2. The van der Waals surface area contributed by atoms with Crippen LogP contribution in [-0.2, 0) is 9.59 Å². The molecule has 0 heterocycles. The third-order valence-electron chi connectivity index (χ3n) is 2.73. The summed E-state index contributed by atoms with van der Waals surface area (Å²) in [5.41, 5.74) is 0. The number of carboxylic acids is 1. The molecule has 1 rings (SSSR count). The molecule has 0 saturated carbocycles. The molecule has 1 unspecified atom stereocenters. The van der Waals surface area contributed by atoms with Gasteiger partial charge in [0.15, 0.2) is 6.10 Å². The fraction of sp³-hybridized carbons (Fsp3) is 0.429. The first-order chi connectivity index (χ1) is 9.40. The Morgan fingerprint density at radius 2 is 1.95 bits per heavy atom. The lowest BCUT2D eigenvalue weighted by atomic mass is 10.2. The largest absolute Gasteiger partial charge is 0.481 e. The van der Waals surface area contributed by atoms with Gasteiger partial charge in [-0.1, -0.05) is 0 Å². The molecule has 1 aromatic rings. The Balaban J connectivity index is 2.45. The maximum absolute atomic E-state index is 12.7. The van der Waals surface area contributed by atoms with Crippen molar-refractivity contribution in [3.05, 3.63) is 30.1 Å². The number of likely N-dealkylation sites (N-methyl/N-ethyl adjacent to an activating group) is 1. The van der Waals surface area contributed by atoms with Gasteiger partial charge in [-0.25, -0.2) is 4.39 Å². The average molecular weight is 283 g/mol. The molecule has 0 aliphatic heterocycles. The molecule has 1 N–H and O–H groups in total.